The van der Waals surface area contributed by atoms with E-state index >= 15 is 0 Å². The van der Waals surface area contributed by atoms with Crippen LogP contribution in [-0.4, -0.2) is 48.7 Å². The molecule has 0 spiro atoms. The monoisotopic (exact) mass is 429 g/mol. The number of rotatable bonds is 5. The highest BCUT2D eigenvalue weighted by Crippen LogP contribution is 2.29. The smallest absolute Gasteiger partial charge is 0.289 e. The van der Waals surface area contributed by atoms with Gasteiger partial charge in [-0.25, -0.2) is 8.42 Å². The molecule has 0 amide bonds. The summed E-state index contributed by atoms with van der Waals surface area (Å²) >= 11 is 12.4. The van der Waals surface area contributed by atoms with Crippen molar-refractivity contribution in [3.63, 3.8) is 0 Å². The van der Waals surface area contributed by atoms with Gasteiger partial charge in [-0.2, -0.15) is 4.31 Å². The van der Waals surface area contributed by atoms with Crippen molar-refractivity contribution in [1.29, 1.82) is 0 Å². The molecule has 0 aromatic heterocycles. The highest BCUT2D eigenvalue weighted by atomic mass is 35.5. The van der Waals surface area contributed by atoms with Gasteiger partial charge in [-0.3, -0.25) is 15.0 Å². The predicted molar refractivity (Wildman–Crippen MR) is 104 cm³/mol. The second-order valence-electron chi connectivity index (χ2n) is 6.11. The lowest BCUT2D eigenvalue weighted by molar-refractivity contribution is -0.387. The summed E-state index contributed by atoms with van der Waals surface area (Å²) < 4.78 is 27.0. The maximum Gasteiger partial charge on any atom is 0.289 e. The van der Waals surface area contributed by atoms with Gasteiger partial charge in [-0.05, 0) is 18.2 Å². The Morgan fingerprint density at radius 2 is 1.56 bits per heavy atom. The van der Waals surface area contributed by atoms with Crippen molar-refractivity contribution in [1.82, 2.24) is 9.21 Å². The van der Waals surface area contributed by atoms with Gasteiger partial charge in [0.05, 0.1) is 4.92 Å². The second kappa shape index (κ2) is 8.12. The van der Waals surface area contributed by atoms with E-state index in [0.717, 1.165) is 5.56 Å². The van der Waals surface area contributed by atoms with Crippen LogP contribution >= 0.6 is 23.2 Å². The predicted octanol–water partition coefficient (Wildman–Crippen LogP) is 3.41. The van der Waals surface area contributed by atoms with Gasteiger partial charge >= 0.3 is 0 Å². The molecule has 1 aliphatic heterocycles. The lowest BCUT2D eigenvalue weighted by Gasteiger charge is -2.34. The van der Waals surface area contributed by atoms with E-state index in [0.29, 0.717) is 29.7 Å². The summed E-state index contributed by atoms with van der Waals surface area (Å²) in [4.78, 5) is 12.3. The number of nitrogens with zero attached hydrogens (tertiary/aromatic N) is 3. The van der Waals surface area contributed by atoms with Crippen LogP contribution < -0.4 is 0 Å². The Balaban J connectivity index is 1.73. The van der Waals surface area contributed by atoms with Crippen molar-refractivity contribution < 1.29 is 13.3 Å². The maximum atomic E-state index is 12.8. The molecule has 0 N–H and O–H groups in total. The SMILES string of the molecule is O=[N+]([O-])c1ccccc1S(=O)(=O)N1CCN(Cc2c(Cl)cccc2Cl)CC1. The van der Waals surface area contributed by atoms with Crippen molar-refractivity contribution in [2.75, 3.05) is 26.2 Å². The third-order valence-electron chi connectivity index (χ3n) is 4.45. The zero-order valence-corrected chi connectivity index (χ0v) is 16.5. The fourth-order valence-corrected chi connectivity index (χ4v) is 5.10. The first kappa shape index (κ1) is 20.0. The van der Waals surface area contributed by atoms with Crippen LogP contribution in [0.15, 0.2) is 47.4 Å². The fraction of sp³-hybridized carbons (Fsp3) is 0.294. The minimum Gasteiger partial charge on any atom is -0.296 e. The first-order valence-electron chi connectivity index (χ1n) is 8.19. The number of halogens is 2. The molecule has 2 aromatic carbocycles. The highest BCUT2D eigenvalue weighted by molar-refractivity contribution is 7.89. The van der Waals surface area contributed by atoms with E-state index < -0.39 is 20.6 Å². The largest absolute Gasteiger partial charge is 0.296 e. The van der Waals surface area contributed by atoms with E-state index in [1.54, 1.807) is 18.2 Å². The molecular weight excluding hydrogens is 413 g/mol. The molecule has 0 atom stereocenters. The third kappa shape index (κ3) is 4.25. The molecule has 1 fully saturated rings. The van der Waals surface area contributed by atoms with Gasteiger partial charge in [0.15, 0.2) is 4.90 Å². The molecule has 7 nitrogen and oxygen atoms in total. The molecule has 27 heavy (non-hydrogen) atoms. The van der Waals surface area contributed by atoms with E-state index in [9.17, 15) is 18.5 Å². The van der Waals surface area contributed by atoms with Gasteiger partial charge in [0.25, 0.3) is 5.69 Å². The second-order valence-corrected chi connectivity index (χ2v) is 8.83. The summed E-state index contributed by atoms with van der Waals surface area (Å²) in [5.41, 5.74) is 0.388. The summed E-state index contributed by atoms with van der Waals surface area (Å²) in [5.74, 6) is 0. The Bertz CT molecular complexity index is 940. The first-order chi connectivity index (χ1) is 12.8. The molecule has 0 saturated carbocycles. The minimum atomic E-state index is -3.94. The Hall–Kier alpha value is -1.71. The molecule has 10 heteroatoms. The normalized spacial score (nSPS) is 16.4. The van der Waals surface area contributed by atoms with Crippen LogP contribution in [0.5, 0.6) is 0 Å². The van der Waals surface area contributed by atoms with Gasteiger partial charge in [0.2, 0.25) is 10.0 Å². The van der Waals surface area contributed by atoms with E-state index in [4.69, 9.17) is 23.2 Å². The molecule has 0 bridgehead atoms. The Labute approximate surface area is 167 Å². The summed E-state index contributed by atoms with van der Waals surface area (Å²) in [6.45, 7) is 1.92. The summed E-state index contributed by atoms with van der Waals surface area (Å²) in [6, 6.07) is 10.7. The molecule has 3 rings (SSSR count). The summed E-state index contributed by atoms with van der Waals surface area (Å²) in [7, 11) is -3.94. The number of piperazine rings is 1. The van der Waals surface area contributed by atoms with Crippen molar-refractivity contribution in [2.24, 2.45) is 0 Å². The Morgan fingerprint density at radius 3 is 2.15 bits per heavy atom. The molecule has 1 saturated heterocycles. The Kier molecular flexibility index (Phi) is 6.02. The number of hydrogen-bond acceptors (Lipinski definition) is 5. The van der Waals surface area contributed by atoms with Crippen molar-refractivity contribution in [3.05, 3.63) is 68.2 Å². The van der Waals surface area contributed by atoms with Gasteiger partial charge in [0, 0.05) is 54.4 Å². The fourth-order valence-electron chi connectivity index (χ4n) is 3.00. The van der Waals surface area contributed by atoms with E-state index in [1.165, 1.54) is 28.6 Å². The van der Waals surface area contributed by atoms with Gasteiger partial charge in [-0.1, -0.05) is 41.4 Å². The lowest BCUT2D eigenvalue weighted by atomic mass is 10.2. The average Bonchev–Trinajstić information content (AvgIpc) is 2.65. The highest BCUT2D eigenvalue weighted by Gasteiger charge is 2.33. The summed E-state index contributed by atoms with van der Waals surface area (Å²) in [5, 5.41) is 12.3. The van der Waals surface area contributed by atoms with E-state index in [2.05, 4.69) is 4.90 Å². The minimum absolute atomic E-state index is 0.233. The van der Waals surface area contributed by atoms with Crippen molar-refractivity contribution in [2.45, 2.75) is 11.4 Å². The Morgan fingerprint density at radius 1 is 0.963 bits per heavy atom. The zero-order chi connectivity index (χ0) is 19.6. The quantitative estimate of drug-likeness (QED) is 0.536. The standard InChI is InChI=1S/C17H17Cl2N3O4S/c18-14-4-3-5-15(19)13(14)12-20-8-10-21(11-9-20)27(25,26)17-7-2-1-6-16(17)22(23)24/h1-7H,8-12H2. The first-order valence-corrected chi connectivity index (χ1v) is 10.4. The van der Waals surface area contributed by atoms with Crippen LogP contribution in [0.2, 0.25) is 10.0 Å². The number of nitro benzene ring substituents is 1. The van der Waals surface area contributed by atoms with Crippen LogP contribution in [0.1, 0.15) is 5.56 Å². The number of sulfonamides is 1. The van der Waals surface area contributed by atoms with E-state index in [1.807, 2.05) is 0 Å². The van der Waals surface area contributed by atoms with Gasteiger partial charge in [0.1, 0.15) is 0 Å². The maximum absolute atomic E-state index is 12.8. The zero-order valence-electron chi connectivity index (χ0n) is 14.2. The molecule has 0 radical (unpaired) electrons. The summed E-state index contributed by atoms with van der Waals surface area (Å²) in [6.07, 6.45) is 0. The molecule has 144 valence electrons. The number of para-hydroxylation sites is 1. The van der Waals surface area contributed by atoms with Crippen molar-refractivity contribution >= 4 is 38.9 Å². The number of hydrogen-bond donors (Lipinski definition) is 0. The van der Waals surface area contributed by atoms with Crippen LogP contribution in [-0.2, 0) is 16.6 Å². The van der Waals surface area contributed by atoms with Crippen molar-refractivity contribution in [3.8, 4) is 0 Å². The molecular formula is C17H17Cl2N3O4S. The molecule has 1 aliphatic rings. The van der Waals surface area contributed by atoms with E-state index in [-0.39, 0.29) is 18.0 Å². The average molecular weight is 430 g/mol. The molecule has 0 unspecified atom stereocenters. The van der Waals surface area contributed by atoms with Gasteiger partial charge < -0.3 is 0 Å². The molecule has 1 heterocycles. The molecule has 0 aliphatic carbocycles. The number of nitro groups is 1. The third-order valence-corrected chi connectivity index (χ3v) is 7.11. The van der Waals surface area contributed by atoms with Crippen LogP contribution in [0.4, 0.5) is 5.69 Å². The topological polar surface area (TPSA) is 83.8 Å². The van der Waals surface area contributed by atoms with Gasteiger partial charge in [-0.15, -0.1) is 0 Å². The van der Waals surface area contributed by atoms with Crippen LogP contribution in [0, 0.1) is 10.1 Å². The molecule has 2 aromatic rings. The van der Waals surface area contributed by atoms with Crippen LogP contribution in [0.3, 0.4) is 0 Å². The number of benzene rings is 2. The van der Waals surface area contributed by atoms with Crippen LogP contribution in [0.25, 0.3) is 0 Å². The lowest BCUT2D eigenvalue weighted by Crippen LogP contribution is -2.48.